The summed E-state index contributed by atoms with van der Waals surface area (Å²) in [6.45, 7) is 2.00. The lowest BCUT2D eigenvalue weighted by Gasteiger charge is -1.98. The Balaban J connectivity index is 3.01. The van der Waals surface area contributed by atoms with Gasteiger partial charge in [0.1, 0.15) is 0 Å². The van der Waals surface area contributed by atoms with Gasteiger partial charge in [-0.15, -0.1) is 0 Å². The molecule has 0 unspecified atom stereocenters. The third kappa shape index (κ3) is 2.21. The van der Waals surface area contributed by atoms with Gasteiger partial charge in [0.25, 0.3) is 0 Å². The summed E-state index contributed by atoms with van der Waals surface area (Å²) >= 11 is 4.01. The summed E-state index contributed by atoms with van der Waals surface area (Å²) < 4.78 is 0. The maximum atomic E-state index is 5.59. The second kappa shape index (κ2) is 4.08. The summed E-state index contributed by atoms with van der Waals surface area (Å²) in [5, 5.41) is 0. The van der Waals surface area contributed by atoms with E-state index in [1.807, 2.05) is 25.1 Å². The minimum atomic E-state index is 0.587. The molecule has 0 aromatic heterocycles. The van der Waals surface area contributed by atoms with Gasteiger partial charge in [-0.05, 0) is 30.7 Å². The van der Waals surface area contributed by atoms with E-state index in [1.165, 1.54) is 0 Å². The van der Waals surface area contributed by atoms with E-state index in [1.54, 1.807) is 0 Å². The van der Waals surface area contributed by atoms with Crippen LogP contribution in [0.4, 0.5) is 5.69 Å². The summed E-state index contributed by atoms with van der Waals surface area (Å²) in [5.41, 5.74) is 8.52. The minimum absolute atomic E-state index is 0.587. The molecule has 0 bridgehead atoms. The first-order chi connectivity index (χ1) is 5.74. The van der Waals surface area contributed by atoms with Crippen LogP contribution in [0.1, 0.15) is 11.1 Å². The number of aryl methyl sites for hydroxylation is 1. The van der Waals surface area contributed by atoms with Crippen LogP contribution in [0.25, 0.3) is 0 Å². The highest BCUT2D eigenvalue weighted by molar-refractivity contribution is 7.80. The number of benzene rings is 1. The molecule has 0 fully saturated rings. The van der Waals surface area contributed by atoms with Crippen LogP contribution in [-0.4, -0.2) is 5.75 Å². The zero-order valence-corrected chi connectivity index (χ0v) is 7.86. The molecule has 0 amide bonds. The monoisotopic (exact) mass is 177 g/mol. The maximum absolute atomic E-state index is 5.59. The molecule has 0 aliphatic carbocycles. The summed E-state index contributed by atoms with van der Waals surface area (Å²) in [6.07, 6.45) is 0. The van der Waals surface area contributed by atoms with Crippen molar-refractivity contribution in [2.45, 2.75) is 6.92 Å². The van der Waals surface area contributed by atoms with Crippen LogP contribution in [0.3, 0.4) is 0 Å². The van der Waals surface area contributed by atoms with Crippen LogP contribution in [-0.2, 0) is 0 Å². The normalized spacial score (nSPS) is 8.83. The van der Waals surface area contributed by atoms with Crippen molar-refractivity contribution in [1.29, 1.82) is 0 Å². The molecule has 12 heavy (non-hydrogen) atoms. The van der Waals surface area contributed by atoms with Gasteiger partial charge in [0.15, 0.2) is 0 Å². The van der Waals surface area contributed by atoms with E-state index in [-0.39, 0.29) is 0 Å². The van der Waals surface area contributed by atoms with E-state index in [9.17, 15) is 0 Å². The van der Waals surface area contributed by atoms with E-state index in [0.717, 1.165) is 16.8 Å². The number of rotatable bonds is 0. The predicted molar refractivity (Wildman–Crippen MR) is 56.3 cm³/mol. The number of hydrogen-bond donors (Lipinski definition) is 2. The van der Waals surface area contributed by atoms with Gasteiger partial charge < -0.3 is 5.73 Å². The Hall–Kier alpha value is -1.07. The number of anilines is 1. The van der Waals surface area contributed by atoms with Gasteiger partial charge in [0.05, 0.1) is 5.75 Å². The summed E-state index contributed by atoms with van der Waals surface area (Å²) in [5.74, 6) is 6.49. The van der Waals surface area contributed by atoms with Crippen molar-refractivity contribution in [3.05, 3.63) is 29.3 Å². The predicted octanol–water partition coefficient (Wildman–Crippen LogP) is 1.86. The fourth-order valence-electron chi connectivity index (χ4n) is 0.962. The minimum Gasteiger partial charge on any atom is -0.399 e. The molecule has 1 aromatic carbocycles. The second-order valence-electron chi connectivity index (χ2n) is 2.53. The molecule has 0 saturated carbocycles. The first-order valence-corrected chi connectivity index (χ1v) is 4.33. The molecule has 1 aromatic rings. The van der Waals surface area contributed by atoms with Crippen LogP contribution >= 0.6 is 12.6 Å². The summed E-state index contributed by atoms with van der Waals surface area (Å²) in [4.78, 5) is 0. The van der Waals surface area contributed by atoms with Gasteiger partial charge >= 0.3 is 0 Å². The largest absolute Gasteiger partial charge is 0.399 e. The van der Waals surface area contributed by atoms with E-state index >= 15 is 0 Å². The first-order valence-electron chi connectivity index (χ1n) is 3.70. The van der Waals surface area contributed by atoms with Gasteiger partial charge in [-0.1, -0.05) is 11.8 Å². The van der Waals surface area contributed by atoms with Crippen molar-refractivity contribution in [1.82, 2.24) is 0 Å². The maximum Gasteiger partial charge on any atom is 0.0521 e. The van der Waals surface area contributed by atoms with E-state index in [4.69, 9.17) is 5.73 Å². The van der Waals surface area contributed by atoms with E-state index < -0.39 is 0 Å². The fraction of sp³-hybridized carbons (Fsp3) is 0.200. The Kier molecular flexibility index (Phi) is 3.07. The van der Waals surface area contributed by atoms with Crippen molar-refractivity contribution in [3.8, 4) is 11.8 Å². The average Bonchev–Trinajstić information content (AvgIpc) is 2.03. The highest BCUT2D eigenvalue weighted by Gasteiger charge is 1.93. The summed E-state index contributed by atoms with van der Waals surface area (Å²) in [6, 6.07) is 5.71. The molecule has 0 atom stereocenters. The molecule has 62 valence electrons. The van der Waals surface area contributed by atoms with Crippen LogP contribution in [0.2, 0.25) is 0 Å². The smallest absolute Gasteiger partial charge is 0.0521 e. The molecular weight excluding hydrogens is 166 g/mol. The lowest BCUT2D eigenvalue weighted by molar-refractivity contribution is 1.44. The van der Waals surface area contributed by atoms with Gasteiger partial charge in [-0.25, -0.2) is 0 Å². The molecule has 2 N–H and O–H groups in total. The van der Waals surface area contributed by atoms with E-state index in [0.29, 0.717) is 5.75 Å². The van der Waals surface area contributed by atoms with Gasteiger partial charge in [0.2, 0.25) is 0 Å². The quantitative estimate of drug-likeness (QED) is 0.353. The van der Waals surface area contributed by atoms with Crippen LogP contribution in [0.15, 0.2) is 18.2 Å². The van der Waals surface area contributed by atoms with Crippen molar-refractivity contribution in [2.24, 2.45) is 0 Å². The van der Waals surface area contributed by atoms with Gasteiger partial charge in [-0.2, -0.15) is 12.6 Å². The number of nitrogen functional groups attached to an aromatic ring is 1. The van der Waals surface area contributed by atoms with Crippen molar-refractivity contribution in [3.63, 3.8) is 0 Å². The van der Waals surface area contributed by atoms with Crippen molar-refractivity contribution >= 4 is 18.3 Å². The number of hydrogen-bond acceptors (Lipinski definition) is 2. The van der Waals surface area contributed by atoms with Gasteiger partial charge in [0, 0.05) is 11.3 Å². The number of nitrogens with two attached hydrogens (primary N) is 1. The first kappa shape index (κ1) is 9.02. The highest BCUT2D eigenvalue weighted by atomic mass is 32.1. The number of thiol groups is 1. The van der Waals surface area contributed by atoms with Crippen LogP contribution in [0, 0.1) is 18.8 Å². The second-order valence-corrected chi connectivity index (χ2v) is 2.85. The third-order valence-electron chi connectivity index (χ3n) is 1.55. The molecule has 0 saturated heterocycles. The SMILES string of the molecule is Cc1cc(N)ccc1C#CCS. The van der Waals surface area contributed by atoms with Crippen molar-refractivity contribution < 1.29 is 0 Å². The molecule has 1 nitrogen and oxygen atoms in total. The third-order valence-corrected chi connectivity index (χ3v) is 1.71. The van der Waals surface area contributed by atoms with Crippen LogP contribution in [0.5, 0.6) is 0 Å². The molecule has 0 heterocycles. The summed E-state index contributed by atoms with van der Waals surface area (Å²) in [7, 11) is 0. The molecule has 1 rings (SSSR count). The van der Waals surface area contributed by atoms with Crippen molar-refractivity contribution in [2.75, 3.05) is 11.5 Å². The zero-order chi connectivity index (χ0) is 8.97. The standard InChI is InChI=1S/C10H11NS/c1-8-7-10(11)5-4-9(8)3-2-6-12/h4-5,7,12H,6,11H2,1H3. The molecule has 2 heteroatoms. The fourth-order valence-corrected chi connectivity index (χ4v) is 1.04. The highest BCUT2D eigenvalue weighted by Crippen LogP contribution is 2.10. The molecule has 0 radical (unpaired) electrons. The lowest BCUT2D eigenvalue weighted by atomic mass is 10.1. The lowest BCUT2D eigenvalue weighted by Crippen LogP contribution is -1.88. The Labute approximate surface area is 78.4 Å². The molecule has 0 spiro atoms. The van der Waals surface area contributed by atoms with Crippen LogP contribution < -0.4 is 5.73 Å². The Morgan fingerprint density at radius 2 is 2.25 bits per heavy atom. The van der Waals surface area contributed by atoms with Gasteiger partial charge in [-0.3, -0.25) is 0 Å². The zero-order valence-electron chi connectivity index (χ0n) is 6.96. The topological polar surface area (TPSA) is 26.0 Å². The Morgan fingerprint density at radius 3 is 2.83 bits per heavy atom. The molecule has 0 aliphatic heterocycles. The molecular formula is C10H11NS. The Bertz CT molecular complexity index is 333. The average molecular weight is 177 g/mol. The Morgan fingerprint density at radius 1 is 1.50 bits per heavy atom. The van der Waals surface area contributed by atoms with E-state index in [2.05, 4.69) is 24.5 Å². The molecule has 0 aliphatic rings.